The topological polar surface area (TPSA) is 96.3 Å². The average molecular weight is 404 g/mol. The summed E-state index contributed by atoms with van der Waals surface area (Å²) < 4.78 is 26.5. The Hall–Kier alpha value is -3.40. The molecular weight excluding hydrogens is 390 g/mol. The number of nitrogens with one attached hydrogen (secondary N) is 3. The van der Waals surface area contributed by atoms with Crippen molar-refractivity contribution >= 4 is 34.6 Å². The Bertz CT molecular complexity index is 1010. The van der Waals surface area contributed by atoms with Gasteiger partial charge in [0.15, 0.2) is 16.7 Å². The Morgan fingerprint density at radius 1 is 1.18 bits per heavy atom. The van der Waals surface area contributed by atoms with E-state index in [1.54, 1.807) is 6.92 Å². The summed E-state index contributed by atoms with van der Waals surface area (Å²) in [5.74, 6) is -2.67. The first-order valence-corrected chi connectivity index (χ1v) is 8.46. The summed E-state index contributed by atoms with van der Waals surface area (Å²) >= 11 is 5.14. The van der Waals surface area contributed by atoms with E-state index in [-0.39, 0.29) is 22.1 Å². The molecule has 3 N–H and O–H groups in total. The molecular formula is C18H14F2N4O3S. The molecule has 7 nitrogen and oxygen atoms in total. The number of nitro groups is 1. The number of allylic oxidation sites excluding steroid dienone is 1. The van der Waals surface area contributed by atoms with E-state index in [1.165, 1.54) is 30.3 Å². The highest BCUT2D eigenvalue weighted by Gasteiger charge is 2.30. The quantitative estimate of drug-likeness (QED) is 0.411. The van der Waals surface area contributed by atoms with E-state index in [0.717, 1.165) is 12.1 Å². The smallest absolute Gasteiger partial charge is 0.269 e. The van der Waals surface area contributed by atoms with Crippen LogP contribution in [0.2, 0.25) is 0 Å². The zero-order valence-electron chi connectivity index (χ0n) is 14.5. The van der Waals surface area contributed by atoms with Gasteiger partial charge in [-0.15, -0.1) is 0 Å². The normalized spacial score (nSPS) is 16.2. The second-order valence-electron chi connectivity index (χ2n) is 6.00. The highest BCUT2D eigenvalue weighted by molar-refractivity contribution is 7.80. The molecule has 0 bridgehead atoms. The van der Waals surface area contributed by atoms with Crippen molar-refractivity contribution in [2.24, 2.45) is 0 Å². The number of rotatable bonds is 4. The van der Waals surface area contributed by atoms with Crippen molar-refractivity contribution in [3.63, 3.8) is 0 Å². The van der Waals surface area contributed by atoms with E-state index in [1.807, 2.05) is 0 Å². The average Bonchev–Trinajstić information content (AvgIpc) is 2.64. The lowest BCUT2D eigenvalue weighted by atomic mass is 9.94. The van der Waals surface area contributed by atoms with Crippen molar-refractivity contribution in [3.8, 4) is 0 Å². The van der Waals surface area contributed by atoms with Crippen molar-refractivity contribution in [2.75, 3.05) is 5.32 Å². The van der Waals surface area contributed by atoms with Crippen LogP contribution in [0.4, 0.5) is 20.2 Å². The van der Waals surface area contributed by atoms with Crippen molar-refractivity contribution in [3.05, 3.63) is 81.0 Å². The standard InChI is InChI=1S/C18H14F2N4O3S/c1-9-15(17(25)22-11-4-7-13(19)14(20)8-11)16(23-18(28)21-9)10-2-5-12(6-3-10)24(26)27/h2-8,16H,1H3,(H,22,25)(H2,21,23,28)/t16-/m0/s1. The summed E-state index contributed by atoms with van der Waals surface area (Å²) in [7, 11) is 0. The number of non-ortho nitro benzene ring substituents is 1. The van der Waals surface area contributed by atoms with Gasteiger partial charge in [-0.2, -0.15) is 0 Å². The van der Waals surface area contributed by atoms with Gasteiger partial charge in [0.05, 0.1) is 16.5 Å². The molecule has 0 unspecified atom stereocenters. The molecule has 144 valence electrons. The summed E-state index contributed by atoms with van der Waals surface area (Å²) in [4.78, 5) is 23.1. The second kappa shape index (κ2) is 7.69. The molecule has 0 fully saturated rings. The molecule has 0 saturated carbocycles. The van der Waals surface area contributed by atoms with E-state index in [4.69, 9.17) is 12.2 Å². The van der Waals surface area contributed by atoms with Gasteiger partial charge in [0.25, 0.3) is 11.6 Å². The highest BCUT2D eigenvalue weighted by atomic mass is 32.1. The van der Waals surface area contributed by atoms with Gasteiger partial charge in [0.1, 0.15) is 0 Å². The predicted octanol–water partition coefficient (Wildman–Crippen LogP) is 3.30. The molecule has 1 amide bonds. The fraction of sp³-hybridized carbons (Fsp3) is 0.111. The number of hydrogen-bond donors (Lipinski definition) is 3. The van der Waals surface area contributed by atoms with E-state index >= 15 is 0 Å². The van der Waals surface area contributed by atoms with Crippen molar-refractivity contribution < 1.29 is 18.5 Å². The zero-order chi connectivity index (χ0) is 20.4. The van der Waals surface area contributed by atoms with Gasteiger partial charge in [-0.3, -0.25) is 14.9 Å². The van der Waals surface area contributed by atoms with Gasteiger partial charge in [-0.1, -0.05) is 0 Å². The number of hydrogen-bond acceptors (Lipinski definition) is 4. The molecule has 1 aliphatic rings. The Balaban J connectivity index is 1.93. The first kappa shape index (κ1) is 19.4. The summed E-state index contributed by atoms with van der Waals surface area (Å²) in [5.41, 5.74) is 1.29. The lowest BCUT2D eigenvalue weighted by Gasteiger charge is -2.30. The molecule has 1 aliphatic heterocycles. The molecule has 2 aromatic rings. The minimum absolute atomic E-state index is 0.0831. The molecule has 28 heavy (non-hydrogen) atoms. The molecule has 10 heteroatoms. The number of nitro benzene ring substituents is 1. The van der Waals surface area contributed by atoms with E-state index in [0.29, 0.717) is 11.3 Å². The first-order valence-electron chi connectivity index (χ1n) is 8.05. The minimum atomic E-state index is -1.09. The van der Waals surface area contributed by atoms with Crippen molar-refractivity contribution in [2.45, 2.75) is 13.0 Å². The number of halogens is 2. The predicted molar refractivity (Wildman–Crippen MR) is 102 cm³/mol. The van der Waals surface area contributed by atoms with Crippen LogP contribution in [0, 0.1) is 21.7 Å². The van der Waals surface area contributed by atoms with Crippen LogP contribution in [0.15, 0.2) is 53.7 Å². The highest BCUT2D eigenvalue weighted by Crippen LogP contribution is 2.29. The summed E-state index contributed by atoms with van der Waals surface area (Å²) in [6.07, 6.45) is 0. The molecule has 0 saturated heterocycles. The van der Waals surface area contributed by atoms with Gasteiger partial charge in [-0.05, 0) is 49.0 Å². The Morgan fingerprint density at radius 3 is 2.46 bits per heavy atom. The summed E-state index contributed by atoms with van der Waals surface area (Å²) in [5, 5.41) is 19.4. The van der Waals surface area contributed by atoms with Gasteiger partial charge >= 0.3 is 0 Å². The van der Waals surface area contributed by atoms with Gasteiger partial charge < -0.3 is 16.0 Å². The fourth-order valence-corrected chi connectivity index (χ4v) is 3.08. The molecule has 1 heterocycles. The third-order valence-corrected chi connectivity index (χ3v) is 4.35. The molecule has 1 atom stereocenters. The Morgan fingerprint density at radius 2 is 1.86 bits per heavy atom. The van der Waals surface area contributed by atoms with Crippen LogP contribution < -0.4 is 16.0 Å². The van der Waals surface area contributed by atoms with E-state index in [2.05, 4.69) is 16.0 Å². The lowest BCUT2D eigenvalue weighted by molar-refractivity contribution is -0.384. The Kier molecular flexibility index (Phi) is 5.32. The Labute approximate surface area is 163 Å². The van der Waals surface area contributed by atoms with Crippen LogP contribution in [0.5, 0.6) is 0 Å². The van der Waals surface area contributed by atoms with Crippen LogP contribution in [-0.2, 0) is 4.79 Å². The SMILES string of the molecule is CC1=C(C(=O)Nc2ccc(F)c(F)c2)[C@H](c2ccc([N+](=O)[O-])cc2)NC(=S)N1. The molecule has 2 aromatic carbocycles. The number of benzene rings is 2. The molecule has 0 radical (unpaired) electrons. The van der Waals surface area contributed by atoms with E-state index < -0.39 is 28.5 Å². The minimum Gasteiger partial charge on any atom is -0.351 e. The van der Waals surface area contributed by atoms with Gasteiger partial charge in [0, 0.05) is 29.6 Å². The van der Waals surface area contributed by atoms with Crippen LogP contribution in [0.3, 0.4) is 0 Å². The third kappa shape index (κ3) is 3.96. The van der Waals surface area contributed by atoms with Crippen LogP contribution >= 0.6 is 12.2 Å². The molecule has 0 spiro atoms. The summed E-state index contributed by atoms with van der Waals surface area (Å²) in [6, 6.07) is 8.01. The van der Waals surface area contributed by atoms with Crippen LogP contribution in [-0.4, -0.2) is 15.9 Å². The number of thiocarbonyl (C=S) groups is 1. The number of amides is 1. The maximum Gasteiger partial charge on any atom is 0.269 e. The molecule has 3 rings (SSSR count). The second-order valence-corrected chi connectivity index (χ2v) is 6.41. The zero-order valence-corrected chi connectivity index (χ0v) is 15.3. The maximum atomic E-state index is 13.4. The monoisotopic (exact) mass is 404 g/mol. The van der Waals surface area contributed by atoms with Crippen molar-refractivity contribution in [1.29, 1.82) is 0 Å². The third-order valence-electron chi connectivity index (χ3n) is 4.13. The van der Waals surface area contributed by atoms with Crippen molar-refractivity contribution in [1.82, 2.24) is 10.6 Å². The van der Waals surface area contributed by atoms with Crippen LogP contribution in [0.25, 0.3) is 0 Å². The maximum absolute atomic E-state index is 13.4. The van der Waals surface area contributed by atoms with Gasteiger partial charge in [-0.25, -0.2) is 8.78 Å². The molecule has 0 aliphatic carbocycles. The number of nitrogens with zero attached hydrogens (tertiary/aromatic N) is 1. The first-order chi connectivity index (χ1) is 13.3. The van der Waals surface area contributed by atoms with Crippen LogP contribution in [0.1, 0.15) is 18.5 Å². The molecule has 0 aromatic heterocycles. The number of carbonyl (C=O) groups is 1. The number of anilines is 1. The fourth-order valence-electron chi connectivity index (χ4n) is 2.81. The lowest BCUT2D eigenvalue weighted by Crippen LogP contribution is -2.45. The van der Waals surface area contributed by atoms with E-state index in [9.17, 15) is 23.7 Å². The number of carbonyl (C=O) groups excluding carboxylic acids is 1. The summed E-state index contributed by atoms with van der Waals surface area (Å²) in [6.45, 7) is 1.64. The van der Waals surface area contributed by atoms with Gasteiger partial charge in [0.2, 0.25) is 0 Å². The largest absolute Gasteiger partial charge is 0.351 e.